The van der Waals surface area contributed by atoms with Gasteiger partial charge in [-0.2, -0.15) is 5.10 Å². The van der Waals surface area contributed by atoms with Crippen LogP contribution in [0.1, 0.15) is 50.0 Å². The Morgan fingerprint density at radius 1 is 1.38 bits per heavy atom. The number of aliphatic hydroxyl groups is 1. The first-order valence-electron chi connectivity index (χ1n) is 8.12. The zero-order chi connectivity index (χ0) is 16.9. The van der Waals surface area contributed by atoms with Crippen molar-refractivity contribution in [2.45, 2.75) is 51.0 Å². The van der Waals surface area contributed by atoms with Crippen LogP contribution in [-0.2, 0) is 0 Å². The van der Waals surface area contributed by atoms with Crippen molar-refractivity contribution in [1.29, 1.82) is 0 Å². The van der Waals surface area contributed by atoms with Gasteiger partial charge < -0.3 is 15.3 Å². The highest BCUT2D eigenvalue weighted by Gasteiger charge is 2.38. The first-order valence-corrected chi connectivity index (χ1v) is 8.12. The Kier molecular flexibility index (Phi) is 3.31. The van der Waals surface area contributed by atoms with Gasteiger partial charge in [-0.1, -0.05) is 12.8 Å². The Bertz CT molecular complexity index is 884. The molecule has 0 aliphatic heterocycles. The van der Waals surface area contributed by atoms with Gasteiger partial charge in [0.1, 0.15) is 12.0 Å². The predicted octanol–water partition coefficient (Wildman–Crippen LogP) is 2.08. The maximum Gasteiger partial charge on any atom is 0.246 e. The van der Waals surface area contributed by atoms with E-state index in [0.717, 1.165) is 31.4 Å². The van der Waals surface area contributed by atoms with Crippen molar-refractivity contribution < 1.29 is 9.52 Å². The molecule has 3 aromatic heterocycles. The number of nitrogens with zero attached hydrogens (tertiary/aromatic N) is 5. The van der Waals surface area contributed by atoms with Crippen molar-refractivity contribution >= 4 is 11.5 Å². The summed E-state index contributed by atoms with van der Waals surface area (Å²) in [6, 6.07) is 0. The number of hydrogen-bond acceptors (Lipinski definition) is 7. The molecule has 3 N–H and O–H groups in total. The second kappa shape index (κ2) is 5.27. The second-order valence-electron chi connectivity index (χ2n) is 6.63. The molecule has 0 radical (unpaired) electrons. The van der Waals surface area contributed by atoms with Crippen molar-refractivity contribution in [3.05, 3.63) is 24.0 Å². The Morgan fingerprint density at radius 3 is 2.92 bits per heavy atom. The van der Waals surface area contributed by atoms with Gasteiger partial charge in [-0.15, -0.1) is 0 Å². The van der Waals surface area contributed by atoms with Crippen LogP contribution in [0.3, 0.4) is 0 Å². The summed E-state index contributed by atoms with van der Waals surface area (Å²) < 4.78 is 7.00. The van der Waals surface area contributed by atoms with E-state index >= 15 is 0 Å². The minimum Gasteiger partial charge on any atom is -0.443 e. The van der Waals surface area contributed by atoms with Gasteiger partial charge in [0.15, 0.2) is 17.3 Å². The van der Waals surface area contributed by atoms with E-state index in [0.29, 0.717) is 23.1 Å². The summed E-state index contributed by atoms with van der Waals surface area (Å²) in [5.41, 5.74) is 7.06. The molecule has 4 rings (SSSR count). The topological polar surface area (TPSA) is 115 Å². The van der Waals surface area contributed by atoms with Gasteiger partial charge in [0, 0.05) is 5.92 Å². The Hall–Kier alpha value is -2.48. The van der Waals surface area contributed by atoms with Gasteiger partial charge in [0.05, 0.1) is 17.5 Å². The van der Waals surface area contributed by atoms with Crippen LogP contribution in [0.15, 0.2) is 16.9 Å². The molecular weight excluding hydrogens is 308 g/mol. The van der Waals surface area contributed by atoms with E-state index in [1.54, 1.807) is 10.7 Å². The summed E-state index contributed by atoms with van der Waals surface area (Å²) in [5.74, 6) is 1.17. The van der Waals surface area contributed by atoms with Gasteiger partial charge >= 0.3 is 0 Å². The molecule has 0 amide bonds. The first kappa shape index (κ1) is 15.1. The highest BCUT2D eigenvalue weighted by molar-refractivity contribution is 5.66. The number of rotatable bonds is 2. The highest BCUT2D eigenvalue weighted by Crippen LogP contribution is 2.39. The van der Waals surface area contributed by atoms with Crippen LogP contribution in [0.5, 0.6) is 0 Å². The number of nitrogen functional groups attached to an aromatic ring is 1. The second-order valence-corrected chi connectivity index (χ2v) is 6.63. The quantitative estimate of drug-likeness (QED) is 0.740. The van der Waals surface area contributed by atoms with Crippen LogP contribution in [0.2, 0.25) is 0 Å². The number of nitrogens with two attached hydrogens (primary N) is 1. The van der Waals surface area contributed by atoms with Crippen molar-refractivity contribution in [3.8, 4) is 11.6 Å². The molecule has 0 spiro atoms. The molecular formula is C16H20N6O2. The van der Waals surface area contributed by atoms with E-state index < -0.39 is 5.60 Å². The number of aryl methyl sites for hydroxylation is 1. The lowest BCUT2D eigenvalue weighted by atomic mass is 9.76. The molecule has 3 heterocycles. The summed E-state index contributed by atoms with van der Waals surface area (Å²) in [4.78, 5) is 13.1. The number of fused-ring (bicyclic) bond motifs is 1. The third-order valence-electron chi connectivity index (χ3n) is 4.87. The smallest absolute Gasteiger partial charge is 0.246 e. The zero-order valence-corrected chi connectivity index (χ0v) is 13.7. The lowest BCUT2D eigenvalue weighted by Gasteiger charge is -2.35. The van der Waals surface area contributed by atoms with Crippen molar-refractivity contribution in [2.75, 3.05) is 5.73 Å². The molecule has 1 aliphatic carbocycles. The number of oxazole rings is 1. The summed E-state index contributed by atoms with van der Waals surface area (Å²) in [6.07, 6.45) is 6.74. The molecule has 2 atom stereocenters. The highest BCUT2D eigenvalue weighted by atomic mass is 16.3. The lowest BCUT2D eigenvalue weighted by molar-refractivity contribution is -0.00203. The number of anilines is 1. The van der Waals surface area contributed by atoms with E-state index in [-0.39, 0.29) is 11.7 Å². The SMILES string of the molecule is Cc1c(-c2ncco2)nc(N)c2nc(C3CCCCC3(C)O)nn12. The largest absolute Gasteiger partial charge is 0.443 e. The summed E-state index contributed by atoms with van der Waals surface area (Å²) >= 11 is 0. The molecule has 0 saturated heterocycles. The number of hydrogen-bond donors (Lipinski definition) is 2. The molecule has 24 heavy (non-hydrogen) atoms. The van der Waals surface area contributed by atoms with Crippen molar-refractivity contribution in [3.63, 3.8) is 0 Å². The fourth-order valence-corrected chi connectivity index (χ4v) is 3.49. The van der Waals surface area contributed by atoms with E-state index in [9.17, 15) is 5.11 Å². The molecule has 1 fully saturated rings. The normalized spacial score (nSPS) is 24.5. The van der Waals surface area contributed by atoms with E-state index in [2.05, 4.69) is 20.1 Å². The standard InChI is InChI=1S/C16H20N6O2/c1-9-11(15-18-7-8-24-15)19-12(17)14-20-13(21-22(9)14)10-5-3-4-6-16(10,2)23/h7-8,10,23H,3-6H2,1-2H3,(H2,17,19). The maximum absolute atomic E-state index is 10.7. The predicted molar refractivity (Wildman–Crippen MR) is 87.3 cm³/mol. The molecule has 3 aromatic rings. The monoisotopic (exact) mass is 328 g/mol. The average molecular weight is 328 g/mol. The summed E-state index contributed by atoms with van der Waals surface area (Å²) in [6.45, 7) is 3.73. The molecule has 0 bridgehead atoms. The average Bonchev–Trinajstić information content (AvgIpc) is 3.20. The third-order valence-corrected chi connectivity index (χ3v) is 4.87. The van der Waals surface area contributed by atoms with Crippen LogP contribution < -0.4 is 5.73 Å². The first-order chi connectivity index (χ1) is 11.5. The Morgan fingerprint density at radius 2 is 2.21 bits per heavy atom. The van der Waals surface area contributed by atoms with Crippen LogP contribution in [-0.4, -0.2) is 35.3 Å². The maximum atomic E-state index is 10.7. The van der Waals surface area contributed by atoms with Crippen LogP contribution >= 0.6 is 0 Å². The molecule has 1 saturated carbocycles. The Labute approximate surface area is 138 Å². The van der Waals surface area contributed by atoms with E-state index in [1.807, 2.05) is 13.8 Å². The third kappa shape index (κ3) is 2.25. The fourth-order valence-electron chi connectivity index (χ4n) is 3.49. The fraction of sp³-hybridized carbons (Fsp3) is 0.500. The van der Waals surface area contributed by atoms with Crippen LogP contribution in [0.4, 0.5) is 5.82 Å². The number of aromatic nitrogens is 5. The lowest BCUT2D eigenvalue weighted by Crippen LogP contribution is -2.36. The minimum absolute atomic E-state index is 0.102. The van der Waals surface area contributed by atoms with Crippen molar-refractivity contribution in [1.82, 2.24) is 24.6 Å². The van der Waals surface area contributed by atoms with Gasteiger partial charge in [-0.25, -0.2) is 19.5 Å². The molecule has 8 heteroatoms. The van der Waals surface area contributed by atoms with Crippen LogP contribution in [0, 0.1) is 6.92 Å². The Balaban J connectivity index is 1.86. The zero-order valence-electron chi connectivity index (χ0n) is 13.7. The van der Waals surface area contributed by atoms with Crippen molar-refractivity contribution in [2.24, 2.45) is 0 Å². The summed E-state index contributed by atoms with van der Waals surface area (Å²) in [5, 5.41) is 15.3. The molecule has 126 valence electrons. The van der Waals surface area contributed by atoms with Gasteiger partial charge in [0.2, 0.25) is 5.89 Å². The summed E-state index contributed by atoms with van der Waals surface area (Å²) in [7, 11) is 0. The molecule has 8 nitrogen and oxygen atoms in total. The van der Waals surface area contributed by atoms with Crippen LogP contribution in [0.25, 0.3) is 17.2 Å². The van der Waals surface area contributed by atoms with Gasteiger partial charge in [0.25, 0.3) is 0 Å². The van der Waals surface area contributed by atoms with Gasteiger partial charge in [-0.05, 0) is 26.7 Å². The van der Waals surface area contributed by atoms with Gasteiger partial charge in [-0.3, -0.25) is 0 Å². The van der Waals surface area contributed by atoms with E-state index in [1.165, 1.54) is 6.26 Å². The van der Waals surface area contributed by atoms with E-state index in [4.69, 9.17) is 10.2 Å². The molecule has 2 unspecified atom stereocenters. The minimum atomic E-state index is -0.801. The molecule has 0 aromatic carbocycles. The molecule has 1 aliphatic rings.